The van der Waals surface area contributed by atoms with E-state index < -0.39 is 0 Å². The molecule has 0 saturated carbocycles. The largest absolute Gasteiger partial charge is 0.207 e. The molecule has 2 heteroatoms. The van der Waals surface area contributed by atoms with Crippen LogP contribution in [0.2, 0.25) is 0 Å². The minimum absolute atomic E-state index is 0.0993. The Hall–Kier alpha value is -0.420. The van der Waals surface area contributed by atoms with Crippen molar-refractivity contribution in [1.29, 1.82) is 0 Å². The first kappa shape index (κ1) is 7.24. The molecule has 2 rings (SSSR count). The fourth-order valence-electron chi connectivity index (χ4n) is 1.28. The van der Waals surface area contributed by atoms with Gasteiger partial charge in [-0.05, 0) is 35.9 Å². The Kier molecular flexibility index (Phi) is 1.91. The molecule has 1 saturated heterocycles. The Bertz CT molecular complexity index is 255. The minimum Gasteiger partial charge on any atom is -0.207 e. The van der Waals surface area contributed by atoms with Gasteiger partial charge in [0, 0.05) is 0 Å². The number of halogens is 1. The molecule has 0 radical (unpaired) electrons. The van der Waals surface area contributed by atoms with Crippen LogP contribution in [0.1, 0.15) is 11.5 Å². The van der Waals surface area contributed by atoms with Crippen molar-refractivity contribution < 1.29 is 4.39 Å². The Labute approximate surface area is 67.6 Å². The van der Waals surface area contributed by atoms with Gasteiger partial charge in [-0.2, -0.15) is 0 Å². The second-order valence-corrected chi connectivity index (χ2v) is 4.23. The van der Waals surface area contributed by atoms with E-state index in [0.717, 1.165) is 8.58 Å². The minimum atomic E-state index is -0.0993. The van der Waals surface area contributed by atoms with E-state index in [1.165, 1.54) is 24.0 Å². The summed E-state index contributed by atoms with van der Waals surface area (Å²) in [5, 5.41) is 0. The molecule has 0 bridgehead atoms. The van der Waals surface area contributed by atoms with Crippen molar-refractivity contribution in [3.05, 3.63) is 35.6 Å². The average Bonchev–Trinajstić information content (AvgIpc) is 1.83. The monoisotopic (exact) mass is 168 g/mol. The zero-order valence-corrected chi connectivity index (χ0v) is 7.18. The van der Waals surface area contributed by atoms with E-state index >= 15 is 0 Å². The molecule has 1 aromatic rings. The summed E-state index contributed by atoms with van der Waals surface area (Å²) >= 11 is 0. The number of benzene rings is 1. The third-order valence-corrected chi connectivity index (χ3v) is 3.66. The van der Waals surface area contributed by atoms with Crippen LogP contribution in [-0.4, -0.2) is 12.3 Å². The number of hydrogen-bond acceptors (Lipinski definition) is 0. The summed E-state index contributed by atoms with van der Waals surface area (Å²) in [7, 11) is 1.10. The van der Waals surface area contributed by atoms with Crippen molar-refractivity contribution in [1.82, 2.24) is 0 Å². The van der Waals surface area contributed by atoms with Crippen LogP contribution in [0.5, 0.6) is 0 Å². The molecular formula is C9H10FP. The third-order valence-electron chi connectivity index (χ3n) is 2.10. The van der Waals surface area contributed by atoms with Crippen LogP contribution in [0.25, 0.3) is 0 Å². The van der Waals surface area contributed by atoms with Crippen molar-refractivity contribution in [2.24, 2.45) is 0 Å². The van der Waals surface area contributed by atoms with E-state index in [0.29, 0.717) is 5.92 Å². The fourth-order valence-corrected chi connectivity index (χ4v) is 2.33. The highest BCUT2D eigenvalue weighted by molar-refractivity contribution is 7.40. The first-order valence-electron chi connectivity index (χ1n) is 3.82. The molecule has 0 aromatic heterocycles. The van der Waals surface area contributed by atoms with Crippen molar-refractivity contribution in [3.8, 4) is 0 Å². The van der Waals surface area contributed by atoms with Gasteiger partial charge in [0.2, 0.25) is 0 Å². The van der Waals surface area contributed by atoms with Gasteiger partial charge in [-0.15, -0.1) is 8.58 Å². The van der Waals surface area contributed by atoms with Gasteiger partial charge in [-0.3, -0.25) is 0 Å². The first-order valence-corrected chi connectivity index (χ1v) is 5.24. The van der Waals surface area contributed by atoms with Gasteiger partial charge in [0.05, 0.1) is 0 Å². The van der Waals surface area contributed by atoms with Crippen molar-refractivity contribution >= 4 is 8.58 Å². The molecular weight excluding hydrogens is 158 g/mol. The molecule has 0 nitrogen and oxygen atoms in total. The van der Waals surface area contributed by atoms with E-state index in [9.17, 15) is 4.39 Å². The molecule has 0 N–H and O–H groups in total. The molecule has 11 heavy (non-hydrogen) atoms. The second-order valence-electron chi connectivity index (χ2n) is 2.91. The van der Waals surface area contributed by atoms with E-state index in [2.05, 4.69) is 0 Å². The van der Waals surface area contributed by atoms with Gasteiger partial charge in [-0.25, -0.2) is 4.39 Å². The van der Waals surface area contributed by atoms with Crippen LogP contribution in [0.3, 0.4) is 0 Å². The van der Waals surface area contributed by atoms with Crippen molar-refractivity contribution in [2.75, 3.05) is 12.3 Å². The van der Waals surface area contributed by atoms with Crippen LogP contribution in [0.4, 0.5) is 4.39 Å². The standard InChI is InChI=1S/C9H10FP/c10-9-3-1-2-7(4-9)8-5-11-6-8/h1-4,8,11H,5-6H2. The Balaban J connectivity index is 2.23. The Morgan fingerprint density at radius 1 is 1.36 bits per heavy atom. The van der Waals surface area contributed by atoms with Crippen LogP contribution < -0.4 is 0 Å². The zero-order valence-electron chi connectivity index (χ0n) is 6.18. The summed E-state index contributed by atoms with van der Waals surface area (Å²) in [6.07, 6.45) is 2.53. The zero-order chi connectivity index (χ0) is 7.68. The van der Waals surface area contributed by atoms with Crippen LogP contribution >= 0.6 is 8.58 Å². The van der Waals surface area contributed by atoms with E-state index in [4.69, 9.17) is 0 Å². The molecule has 1 aliphatic rings. The molecule has 58 valence electrons. The number of hydrogen-bond donors (Lipinski definition) is 0. The average molecular weight is 168 g/mol. The quantitative estimate of drug-likeness (QED) is 0.565. The van der Waals surface area contributed by atoms with Gasteiger partial charge in [0.1, 0.15) is 5.82 Å². The maximum atomic E-state index is 12.7. The fraction of sp³-hybridized carbons (Fsp3) is 0.333. The summed E-state index contributed by atoms with van der Waals surface area (Å²) in [5.41, 5.74) is 1.18. The van der Waals surface area contributed by atoms with E-state index in [1.807, 2.05) is 6.07 Å². The van der Waals surface area contributed by atoms with Crippen LogP contribution in [-0.2, 0) is 0 Å². The highest BCUT2D eigenvalue weighted by Gasteiger charge is 2.19. The van der Waals surface area contributed by atoms with Crippen LogP contribution in [0, 0.1) is 5.82 Å². The molecule has 1 fully saturated rings. The number of rotatable bonds is 1. The highest BCUT2D eigenvalue weighted by atomic mass is 31.1. The SMILES string of the molecule is Fc1cccc(C2CPC2)c1. The second kappa shape index (κ2) is 2.91. The Morgan fingerprint density at radius 2 is 2.18 bits per heavy atom. The maximum Gasteiger partial charge on any atom is 0.123 e. The van der Waals surface area contributed by atoms with E-state index in [-0.39, 0.29) is 5.82 Å². The lowest BCUT2D eigenvalue weighted by atomic mass is 10.0. The van der Waals surface area contributed by atoms with Crippen molar-refractivity contribution in [3.63, 3.8) is 0 Å². The molecule has 0 spiro atoms. The first-order chi connectivity index (χ1) is 5.36. The lowest BCUT2D eigenvalue weighted by molar-refractivity contribution is 0.623. The predicted molar refractivity (Wildman–Crippen MR) is 47.2 cm³/mol. The van der Waals surface area contributed by atoms with Gasteiger partial charge >= 0.3 is 0 Å². The van der Waals surface area contributed by atoms with Crippen molar-refractivity contribution in [2.45, 2.75) is 5.92 Å². The normalized spacial score (nSPS) is 25.0. The van der Waals surface area contributed by atoms with Gasteiger partial charge in [0.25, 0.3) is 0 Å². The summed E-state index contributed by atoms with van der Waals surface area (Å²) in [5.74, 6) is 0.557. The summed E-state index contributed by atoms with van der Waals surface area (Å²) in [4.78, 5) is 0. The maximum absolute atomic E-state index is 12.7. The summed E-state index contributed by atoms with van der Waals surface area (Å²) in [6.45, 7) is 0. The molecule has 0 unspecified atom stereocenters. The lowest BCUT2D eigenvalue weighted by Gasteiger charge is -2.25. The highest BCUT2D eigenvalue weighted by Crippen LogP contribution is 2.38. The smallest absolute Gasteiger partial charge is 0.123 e. The van der Waals surface area contributed by atoms with Crippen LogP contribution in [0.15, 0.2) is 24.3 Å². The summed E-state index contributed by atoms with van der Waals surface area (Å²) < 4.78 is 12.7. The third kappa shape index (κ3) is 1.44. The lowest BCUT2D eigenvalue weighted by Crippen LogP contribution is -2.13. The predicted octanol–water partition coefficient (Wildman–Crippen LogP) is 2.60. The van der Waals surface area contributed by atoms with Gasteiger partial charge in [0.15, 0.2) is 0 Å². The molecule has 1 aliphatic heterocycles. The molecule has 0 amide bonds. The Morgan fingerprint density at radius 3 is 2.73 bits per heavy atom. The van der Waals surface area contributed by atoms with Gasteiger partial charge in [-0.1, -0.05) is 12.1 Å². The molecule has 1 aromatic carbocycles. The molecule has 0 aliphatic carbocycles. The molecule has 1 heterocycles. The topological polar surface area (TPSA) is 0 Å². The molecule has 0 atom stereocenters. The van der Waals surface area contributed by atoms with Gasteiger partial charge < -0.3 is 0 Å². The summed E-state index contributed by atoms with van der Waals surface area (Å²) in [6, 6.07) is 6.99. The van der Waals surface area contributed by atoms with E-state index in [1.54, 1.807) is 12.1 Å².